The van der Waals surface area contributed by atoms with Gasteiger partial charge in [0.25, 0.3) is 5.91 Å². The summed E-state index contributed by atoms with van der Waals surface area (Å²) in [6.45, 7) is 0. The van der Waals surface area contributed by atoms with Gasteiger partial charge in [0, 0.05) is 6.07 Å². The Labute approximate surface area is 110 Å². The molecule has 2 rings (SSSR count). The van der Waals surface area contributed by atoms with Crippen molar-refractivity contribution in [3.63, 3.8) is 0 Å². The third-order valence-corrected chi connectivity index (χ3v) is 3.74. The normalized spacial score (nSPS) is 10.7. The van der Waals surface area contributed by atoms with Crippen LogP contribution in [-0.4, -0.2) is 17.0 Å². The summed E-state index contributed by atoms with van der Waals surface area (Å²) in [5.41, 5.74) is 2.35. The highest BCUT2D eigenvalue weighted by Gasteiger charge is 2.08. The molecule has 6 nitrogen and oxygen atoms in total. The molecule has 0 saturated carbocycles. The SMILES string of the molecule is O=C(N/N=C\c1ccc([N+](=O)[O-])s1)c1cccs1. The van der Waals surface area contributed by atoms with Crippen molar-refractivity contribution >= 4 is 39.8 Å². The van der Waals surface area contributed by atoms with Crippen molar-refractivity contribution in [3.05, 3.63) is 49.5 Å². The second-order valence-electron chi connectivity index (χ2n) is 3.11. The van der Waals surface area contributed by atoms with Crippen LogP contribution in [0, 0.1) is 10.1 Å². The Balaban J connectivity index is 1.95. The summed E-state index contributed by atoms with van der Waals surface area (Å²) < 4.78 is 0. The van der Waals surface area contributed by atoms with Crippen molar-refractivity contribution in [2.24, 2.45) is 5.10 Å². The average Bonchev–Trinajstić information content (AvgIpc) is 3.00. The first-order chi connectivity index (χ1) is 8.66. The molecule has 2 heterocycles. The molecule has 1 amide bonds. The molecule has 0 unspecified atom stereocenters. The maximum absolute atomic E-state index is 11.5. The Hall–Kier alpha value is -2.06. The fraction of sp³-hybridized carbons (Fsp3) is 0. The van der Waals surface area contributed by atoms with Crippen LogP contribution < -0.4 is 5.43 Å². The van der Waals surface area contributed by atoms with E-state index in [1.165, 1.54) is 23.6 Å². The minimum atomic E-state index is -0.466. The molecule has 0 spiro atoms. The highest BCUT2D eigenvalue weighted by atomic mass is 32.1. The van der Waals surface area contributed by atoms with E-state index in [1.807, 2.05) is 0 Å². The number of hydrazone groups is 1. The van der Waals surface area contributed by atoms with Gasteiger partial charge in [-0.25, -0.2) is 5.43 Å². The van der Waals surface area contributed by atoms with Gasteiger partial charge in [0.15, 0.2) is 0 Å². The van der Waals surface area contributed by atoms with Gasteiger partial charge in [0.05, 0.1) is 20.9 Å². The van der Waals surface area contributed by atoms with E-state index in [9.17, 15) is 14.9 Å². The lowest BCUT2D eigenvalue weighted by molar-refractivity contribution is -0.380. The zero-order valence-corrected chi connectivity index (χ0v) is 10.5. The van der Waals surface area contributed by atoms with Crippen LogP contribution in [0.15, 0.2) is 34.7 Å². The summed E-state index contributed by atoms with van der Waals surface area (Å²) in [4.78, 5) is 22.6. The maximum Gasteiger partial charge on any atom is 0.324 e. The number of amides is 1. The molecule has 0 aliphatic heterocycles. The van der Waals surface area contributed by atoms with Crippen LogP contribution in [-0.2, 0) is 0 Å². The van der Waals surface area contributed by atoms with Gasteiger partial charge in [-0.3, -0.25) is 14.9 Å². The number of hydrogen-bond donors (Lipinski definition) is 1. The molecule has 0 saturated heterocycles. The van der Waals surface area contributed by atoms with Crippen molar-refractivity contribution in [2.45, 2.75) is 0 Å². The molecular weight excluding hydrogens is 274 g/mol. The lowest BCUT2D eigenvalue weighted by Crippen LogP contribution is -2.15. The van der Waals surface area contributed by atoms with E-state index in [2.05, 4.69) is 10.5 Å². The number of thiophene rings is 2. The van der Waals surface area contributed by atoms with Crippen LogP contribution in [0.2, 0.25) is 0 Å². The second kappa shape index (κ2) is 5.52. The Morgan fingerprint density at radius 3 is 2.89 bits per heavy atom. The van der Waals surface area contributed by atoms with Crippen molar-refractivity contribution in [3.8, 4) is 0 Å². The van der Waals surface area contributed by atoms with Crippen LogP contribution in [0.5, 0.6) is 0 Å². The van der Waals surface area contributed by atoms with Crippen molar-refractivity contribution in [1.29, 1.82) is 0 Å². The van der Waals surface area contributed by atoms with Gasteiger partial charge in [0.1, 0.15) is 0 Å². The number of nitro groups is 1. The molecule has 0 aromatic carbocycles. The summed E-state index contributed by atoms with van der Waals surface area (Å²) in [5.74, 6) is -0.299. The van der Waals surface area contributed by atoms with E-state index < -0.39 is 4.92 Å². The van der Waals surface area contributed by atoms with Gasteiger partial charge in [0.2, 0.25) is 0 Å². The zero-order chi connectivity index (χ0) is 13.0. The number of rotatable bonds is 4. The minimum Gasteiger partial charge on any atom is -0.266 e. The molecule has 0 atom stereocenters. The summed E-state index contributed by atoms with van der Waals surface area (Å²) >= 11 is 2.31. The number of carbonyl (C=O) groups excluding carboxylic acids is 1. The Bertz CT molecular complexity index is 589. The van der Waals surface area contributed by atoms with E-state index in [0.717, 1.165) is 11.3 Å². The highest BCUT2D eigenvalue weighted by Crippen LogP contribution is 2.22. The van der Waals surface area contributed by atoms with Crippen LogP contribution in [0.1, 0.15) is 14.5 Å². The van der Waals surface area contributed by atoms with Gasteiger partial charge in [-0.05, 0) is 17.5 Å². The number of nitrogens with one attached hydrogen (secondary N) is 1. The van der Waals surface area contributed by atoms with Crippen LogP contribution >= 0.6 is 22.7 Å². The molecule has 8 heteroatoms. The molecule has 2 aromatic rings. The van der Waals surface area contributed by atoms with Gasteiger partial charge in [-0.1, -0.05) is 17.4 Å². The number of carbonyl (C=O) groups is 1. The predicted molar refractivity (Wildman–Crippen MR) is 70.4 cm³/mol. The van der Waals surface area contributed by atoms with Crippen LogP contribution in [0.3, 0.4) is 0 Å². The largest absolute Gasteiger partial charge is 0.324 e. The fourth-order valence-electron chi connectivity index (χ4n) is 1.13. The molecule has 0 fully saturated rings. The predicted octanol–water partition coefficient (Wildman–Crippen LogP) is 2.48. The van der Waals surface area contributed by atoms with Crippen molar-refractivity contribution < 1.29 is 9.72 Å². The third-order valence-electron chi connectivity index (χ3n) is 1.90. The first kappa shape index (κ1) is 12.4. The molecule has 18 heavy (non-hydrogen) atoms. The van der Waals surface area contributed by atoms with Gasteiger partial charge < -0.3 is 0 Å². The molecule has 2 aromatic heterocycles. The molecular formula is C10H7N3O3S2. The Kier molecular flexibility index (Phi) is 3.80. The van der Waals surface area contributed by atoms with Gasteiger partial charge in [-0.2, -0.15) is 5.10 Å². The highest BCUT2D eigenvalue weighted by molar-refractivity contribution is 7.16. The average molecular weight is 281 g/mol. The molecule has 0 radical (unpaired) electrons. The number of hydrogen-bond acceptors (Lipinski definition) is 6. The quantitative estimate of drug-likeness (QED) is 0.530. The lowest BCUT2D eigenvalue weighted by Gasteiger charge is -1.93. The van der Waals surface area contributed by atoms with Gasteiger partial charge >= 0.3 is 5.00 Å². The summed E-state index contributed by atoms with van der Waals surface area (Å²) in [6.07, 6.45) is 1.38. The minimum absolute atomic E-state index is 0.0426. The standard InChI is InChI=1S/C10H7N3O3S2/c14-10(8-2-1-5-17-8)12-11-6-7-3-4-9(18-7)13(15)16/h1-6H,(H,12,14)/b11-6-. The lowest BCUT2D eigenvalue weighted by atomic mass is 10.4. The first-order valence-corrected chi connectivity index (χ1v) is 6.47. The molecule has 1 N–H and O–H groups in total. The topological polar surface area (TPSA) is 84.6 Å². The monoisotopic (exact) mass is 281 g/mol. The number of nitrogens with zero attached hydrogens (tertiary/aromatic N) is 2. The van der Waals surface area contributed by atoms with Crippen LogP contribution in [0.4, 0.5) is 5.00 Å². The second-order valence-corrected chi connectivity index (χ2v) is 5.15. The first-order valence-electron chi connectivity index (χ1n) is 4.78. The summed E-state index contributed by atoms with van der Waals surface area (Å²) in [7, 11) is 0. The Morgan fingerprint density at radius 2 is 2.28 bits per heavy atom. The van der Waals surface area contributed by atoms with E-state index >= 15 is 0 Å². The van der Waals surface area contributed by atoms with Crippen molar-refractivity contribution in [2.75, 3.05) is 0 Å². The van der Waals surface area contributed by atoms with E-state index in [-0.39, 0.29) is 10.9 Å². The molecule has 0 aliphatic rings. The molecule has 0 bridgehead atoms. The summed E-state index contributed by atoms with van der Waals surface area (Å²) in [6, 6.07) is 6.42. The summed E-state index contributed by atoms with van der Waals surface area (Å²) in [5, 5.41) is 16.0. The third kappa shape index (κ3) is 2.99. The van der Waals surface area contributed by atoms with Gasteiger partial charge in [-0.15, -0.1) is 11.3 Å². The van der Waals surface area contributed by atoms with E-state index in [4.69, 9.17) is 0 Å². The zero-order valence-electron chi connectivity index (χ0n) is 8.90. The molecule has 0 aliphatic carbocycles. The Morgan fingerprint density at radius 1 is 1.44 bits per heavy atom. The molecule has 92 valence electrons. The smallest absolute Gasteiger partial charge is 0.266 e. The maximum atomic E-state index is 11.5. The van der Waals surface area contributed by atoms with Crippen molar-refractivity contribution in [1.82, 2.24) is 5.43 Å². The van der Waals surface area contributed by atoms with E-state index in [0.29, 0.717) is 9.75 Å². The fourth-order valence-corrected chi connectivity index (χ4v) is 2.43. The van der Waals surface area contributed by atoms with E-state index in [1.54, 1.807) is 23.6 Å². The van der Waals surface area contributed by atoms with Crippen LogP contribution in [0.25, 0.3) is 0 Å².